The molecule has 0 radical (unpaired) electrons. The van der Waals surface area contributed by atoms with Crippen LogP contribution < -0.4 is 16.6 Å². The zero-order valence-corrected chi connectivity index (χ0v) is 15.9. The van der Waals surface area contributed by atoms with E-state index in [9.17, 15) is 4.79 Å². The van der Waals surface area contributed by atoms with E-state index in [1.54, 1.807) is 6.07 Å². The van der Waals surface area contributed by atoms with Crippen LogP contribution >= 0.6 is 0 Å². The van der Waals surface area contributed by atoms with Crippen LogP contribution in [0.1, 0.15) is 18.1 Å². The molecule has 0 saturated carbocycles. The number of nitrogens with zero attached hydrogens (tertiary/aromatic N) is 2. The average molecular weight is 376 g/mol. The number of aromatic nitrogens is 2. The predicted molar refractivity (Wildman–Crippen MR) is 112 cm³/mol. The highest BCUT2D eigenvalue weighted by molar-refractivity contribution is 5.58. The van der Waals surface area contributed by atoms with Crippen LogP contribution in [0.4, 0.5) is 5.69 Å². The maximum absolute atomic E-state index is 12.3. The summed E-state index contributed by atoms with van der Waals surface area (Å²) in [6, 6.07) is 18.9. The largest absolute Gasteiger partial charge is 0.480 e. The number of rotatable bonds is 8. The number of nitrogens with one attached hydrogen (secondary N) is 1. The topological polar surface area (TPSA) is 82.2 Å². The first kappa shape index (κ1) is 19.4. The molecular formula is C22H24N4O2. The molecule has 0 spiro atoms. The van der Waals surface area contributed by atoms with Crippen LogP contribution in [0.25, 0.3) is 11.3 Å². The second-order valence-corrected chi connectivity index (χ2v) is 6.30. The lowest BCUT2D eigenvalue weighted by atomic mass is 10.1. The Labute approximate surface area is 164 Å². The van der Waals surface area contributed by atoms with Gasteiger partial charge in [0.05, 0.1) is 18.8 Å². The Morgan fingerprint density at radius 2 is 1.93 bits per heavy atom. The van der Waals surface area contributed by atoms with E-state index in [1.165, 1.54) is 10.7 Å². The van der Waals surface area contributed by atoms with Crippen molar-refractivity contribution in [2.24, 2.45) is 5.73 Å². The molecule has 0 bridgehead atoms. The fourth-order valence-corrected chi connectivity index (χ4v) is 2.82. The lowest BCUT2D eigenvalue weighted by Crippen LogP contribution is -2.22. The molecule has 144 valence electrons. The minimum absolute atomic E-state index is 0.153. The van der Waals surface area contributed by atoms with Crippen molar-refractivity contribution in [2.75, 3.05) is 11.9 Å². The number of nitrogens with two attached hydrogens (primary N) is 1. The highest BCUT2D eigenvalue weighted by Crippen LogP contribution is 2.17. The maximum atomic E-state index is 12.3. The fourth-order valence-electron chi connectivity index (χ4n) is 2.82. The zero-order chi connectivity index (χ0) is 19.9. The lowest BCUT2D eigenvalue weighted by Gasteiger charge is -2.12. The maximum Gasteiger partial charge on any atom is 0.267 e. The van der Waals surface area contributed by atoms with Crippen LogP contribution in [0.15, 0.2) is 77.9 Å². The summed E-state index contributed by atoms with van der Waals surface area (Å²) in [5, 5.41) is 7.62. The highest BCUT2D eigenvalue weighted by atomic mass is 16.5. The van der Waals surface area contributed by atoms with Gasteiger partial charge in [-0.3, -0.25) is 4.79 Å². The van der Waals surface area contributed by atoms with Gasteiger partial charge in [0.2, 0.25) is 0 Å². The predicted octanol–water partition coefficient (Wildman–Crippen LogP) is 3.34. The molecule has 3 aromatic rings. The Kier molecular flexibility index (Phi) is 6.24. The molecule has 0 saturated heterocycles. The van der Waals surface area contributed by atoms with E-state index in [4.69, 9.17) is 10.5 Å². The van der Waals surface area contributed by atoms with Crippen molar-refractivity contribution in [3.05, 3.63) is 94.6 Å². The van der Waals surface area contributed by atoms with E-state index < -0.39 is 0 Å². The summed E-state index contributed by atoms with van der Waals surface area (Å²) in [7, 11) is 0. The third kappa shape index (κ3) is 4.86. The molecule has 0 fully saturated rings. The van der Waals surface area contributed by atoms with Crippen molar-refractivity contribution in [3.8, 4) is 11.3 Å². The summed E-state index contributed by atoms with van der Waals surface area (Å²) < 4.78 is 6.78. The Morgan fingerprint density at radius 3 is 2.64 bits per heavy atom. The van der Waals surface area contributed by atoms with Crippen molar-refractivity contribution in [3.63, 3.8) is 0 Å². The van der Waals surface area contributed by atoms with Gasteiger partial charge in [-0.05, 0) is 42.8 Å². The van der Waals surface area contributed by atoms with Crippen molar-refractivity contribution in [1.29, 1.82) is 0 Å². The standard InChI is InChI=1S/C22H24N4O2/c1-3-28-16(2)24-20-6-4-5-18(13-20)15-26-22(27)12-11-21(25-26)19-9-7-17(14-23)8-10-19/h4-13,24H,2-3,14-15,23H2,1H3. The van der Waals surface area contributed by atoms with Gasteiger partial charge in [0, 0.05) is 23.9 Å². The van der Waals surface area contributed by atoms with Crippen molar-refractivity contribution >= 4 is 5.69 Å². The number of hydrogen-bond acceptors (Lipinski definition) is 5. The quantitative estimate of drug-likeness (QED) is 0.589. The van der Waals surface area contributed by atoms with Crippen LogP contribution in [-0.4, -0.2) is 16.4 Å². The molecule has 2 aromatic carbocycles. The van der Waals surface area contributed by atoms with Gasteiger partial charge in [-0.25, -0.2) is 4.68 Å². The second kappa shape index (κ2) is 9.01. The summed E-state index contributed by atoms with van der Waals surface area (Å²) in [4.78, 5) is 12.3. The van der Waals surface area contributed by atoms with Gasteiger partial charge in [-0.15, -0.1) is 0 Å². The van der Waals surface area contributed by atoms with E-state index in [-0.39, 0.29) is 5.56 Å². The molecule has 3 rings (SSSR count). The average Bonchev–Trinajstić information content (AvgIpc) is 2.70. The van der Waals surface area contributed by atoms with Gasteiger partial charge in [-0.1, -0.05) is 36.4 Å². The van der Waals surface area contributed by atoms with Crippen molar-refractivity contribution < 1.29 is 4.74 Å². The summed E-state index contributed by atoms with van der Waals surface area (Å²) in [6.45, 7) is 7.12. The molecule has 6 heteroatoms. The monoisotopic (exact) mass is 376 g/mol. The molecule has 0 atom stereocenters. The molecule has 1 heterocycles. The van der Waals surface area contributed by atoms with Gasteiger partial charge < -0.3 is 15.8 Å². The van der Waals surface area contributed by atoms with Crippen LogP contribution in [0.2, 0.25) is 0 Å². The number of ether oxygens (including phenoxy) is 1. The van der Waals surface area contributed by atoms with Gasteiger partial charge in [0.1, 0.15) is 0 Å². The third-order valence-electron chi connectivity index (χ3n) is 4.21. The minimum atomic E-state index is -0.153. The molecule has 0 unspecified atom stereocenters. The Balaban J connectivity index is 1.82. The Hall–Kier alpha value is -3.38. The van der Waals surface area contributed by atoms with Gasteiger partial charge in [0.25, 0.3) is 5.56 Å². The summed E-state index contributed by atoms with van der Waals surface area (Å²) in [5.74, 6) is 0.484. The van der Waals surface area contributed by atoms with Gasteiger partial charge >= 0.3 is 0 Å². The third-order valence-corrected chi connectivity index (χ3v) is 4.21. The number of anilines is 1. The van der Waals surface area contributed by atoms with Crippen LogP contribution in [-0.2, 0) is 17.8 Å². The van der Waals surface area contributed by atoms with E-state index in [2.05, 4.69) is 17.0 Å². The lowest BCUT2D eigenvalue weighted by molar-refractivity contribution is 0.236. The molecule has 0 aliphatic carbocycles. The summed E-state index contributed by atoms with van der Waals surface area (Å²) in [6.07, 6.45) is 0. The van der Waals surface area contributed by atoms with E-state index >= 15 is 0 Å². The molecule has 3 N–H and O–H groups in total. The summed E-state index contributed by atoms with van der Waals surface area (Å²) in [5.41, 5.74) is 10.0. The molecule has 28 heavy (non-hydrogen) atoms. The first-order chi connectivity index (χ1) is 13.6. The Morgan fingerprint density at radius 1 is 1.14 bits per heavy atom. The van der Waals surface area contributed by atoms with Crippen molar-refractivity contribution in [2.45, 2.75) is 20.0 Å². The first-order valence-electron chi connectivity index (χ1n) is 9.14. The second-order valence-electron chi connectivity index (χ2n) is 6.30. The SMILES string of the molecule is C=C(Nc1cccc(Cn2nc(-c3ccc(CN)cc3)ccc2=O)c1)OCC. The molecular weight excluding hydrogens is 352 g/mol. The van der Waals surface area contributed by atoms with Crippen molar-refractivity contribution in [1.82, 2.24) is 9.78 Å². The molecule has 6 nitrogen and oxygen atoms in total. The normalized spacial score (nSPS) is 10.5. The highest BCUT2D eigenvalue weighted by Gasteiger charge is 2.06. The van der Waals surface area contributed by atoms with Gasteiger partial charge in [0.15, 0.2) is 5.88 Å². The smallest absolute Gasteiger partial charge is 0.267 e. The van der Waals surface area contributed by atoms with Gasteiger partial charge in [-0.2, -0.15) is 5.10 Å². The number of benzene rings is 2. The van der Waals surface area contributed by atoms with E-state index in [0.29, 0.717) is 25.6 Å². The molecule has 1 aromatic heterocycles. The van der Waals surface area contributed by atoms with E-state index in [0.717, 1.165) is 28.1 Å². The van der Waals surface area contributed by atoms with E-state index in [1.807, 2.05) is 55.5 Å². The number of hydrogen-bond donors (Lipinski definition) is 2. The van der Waals surface area contributed by atoms with Crippen LogP contribution in [0, 0.1) is 0 Å². The fraction of sp³-hybridized carbons (Fsp3) is 0.182. The molecule has 0 aliphatic rings. The minimum Gasteiger partial charge on any atom is -0.480 e. The first-order valence-corrected chi connectivity index (χ1v) is 9.14. The Bertz CT molecular complexity index is 1010. The molecule has 0 aliphatic heterocycles. The zero-order valence-electron chi connectivity index (χ0n) is 15.9. The summed E-state index contributed by atoms with van der Waals surface area (Å²) >= 11 is 0. The van der Waals surface area contributed by atoms with Crippen LogP contribution in [0.3, 0.4) is 0 Å². The molecule has 0 amide bonds. The van der Waals surface area contributed by atoms with Crippen LogP contribution in [0.5, 0.6) is 0 Å².